The zero-order valence-electron chi connectivity index (χ0n) is 29.7. The van der Waals surface area contributed by atoms with E-state index in [0.717, 1.165) is 61.7 Å². The number of hydrogen-bond donors (Lipinski definition) is 0. The molecule has 0 bridgehead atoms. The Labute approximate surface area is 316 Å². The van der Waals surface area contributed by atoms with Gasteiger partial charge in [-0.25, -0.2) is 9.97 Å². The van der Waals surface area contributed by atoms with E-state index in [2.05, 4.69) is 200 Å². The normalized spacial score (nSPS) is 11.0. The fraction of sp³-hybridized carbons (Fsp3) is 0. The Morgan fingerprint density at radius 1 is 0.167 bits per heavy atom. The number of aromatic nitrogens is 2. The predicted molar refractivity (Wildman–Crippen MR) is 226 cm³/mol. The summed E-state index contributed by atoms with van der Waals surface area (Å²) in [5, 5.41) is 0. The predicted octanol–water partition coefficient (Wildman–Crippen LogP) is 13.8. The smallest absolute Gasteiger partial charge is 0.0715 e. The molecule has 0 atom stereocenters. The van der Waals surface area contributed by atoms with E-state index in [1.165, 1.54) is 27.8 Å². The summed E-state index contributed by atoms with van der Waals surface area (Å²) in [4.78, 5) is 10.2. The number of hydrogen-bond acceptors (Lipinski definition) is 2. The highest BCUT2D eigenvalue weighted by Crippen LogP contribution is 2.34. The summed E-state index contributed by atoms with van der Waals surface area (Å²) in [5.74, 6) is 0. The number of nitrogens with zero attached hydrogens (tertiary/aromatic N) is 2. The van der Waals surface area contributed by atoms with Crippen molar-refractivity contribution in [1.29, 1.82) is 0 Å². The van der Waals surface area contributed by atoms with Gasteiger partial charge in [-0.05, 0) is 74.8 Å². The zero-order valence-corrected chi connectivity index (χ0v) is 29.7. The zero-order chi connectivity index (χ0) is 36.1. The van der Waals surface area contributed by atoms with Crippen molar-refractivity contribution in [3.05, 3.63) is 218 Å². The third-order valence-electron chi connectivity index (χ3n) is 9.89. The fourth-order valence-corrected chi connectivity index (χ4v) is 7.01. The van der Waals surface area contributed by atoms with Crippen LogP contribution in [0, 0.1) is 0 Å². The average molecular weight is 689 g/mol. The van der Waals surface area contributed by atoms with Gasteiger partial charge in [-0.2, -0.15) is 0 Å². The Bertz CT molecular complexity index is 2350. The van der Waals surface area contributed by atoms with E-state index in [9.17, 15) is 0 Å². The van der Waals surface area contributed by atoms with Gasteiger partial charge in [0.15, 0.2) is 0 Å². The van der Waals surface area contributed by atoms with Gasteiger partial charge < -0.3 is 0 Å². The molecule has 0 spiro atoms. The van der Waals surface area contributed by atoms with Crippen LogP contribution in [0.5, 0.6) is 0 Å². The molecule has 0 saturated carbocycles. The van der Waals surface area contributed by atoms with Gasteiger partial charge in [-0.15, -0.1) is 0 Å². The van der Waals surface area contributed by atoms with Crippen LogP contribution in [0.15, 0.2) is 218 Å². The van der Waals surface area contributed by atoms with E-state index in [1.807, 2.05) is 18.2 Å². The molecule has 9 rings (SSSR count). The highest BCUT2D eigenvalue weighted by molar-refractivity contribution is 5.81. The minimum Gasteiger partial charge on any atom is -0.248 e. The van der Waals surface area contributed by atoms with Gasteiger partial charge in [0.1, 0.15) is 0 Å². The van der Waals surface area contributed by atoms with Gasteiger partial charge in [-0.1, -0.05) is 188 Å². The van der Waals surface area contributed by atoms with Crippen molar-refractivity contribution >= 4 is 0 Å². The van der Waals surface area contributed by atoms with Gasteiger partial charge in [0, 0.05) is 22.3 Å². The Kier molecular flexibility index (Phi) is 8.99. The molecule has 0 aliphatic heterocycles. The van der Waals surface area contributed by atoms with E-state index < -0.39 is 0 Å². The highest BCUT2D eigenvalue weighted by atomic mass is 14.7. The van der Waals surface area contributed by atoms with Crippen molar-refractivity contribution in [3.63, 3.8) is 0 Å². The van der Waals surface area contributed by atoms with E-state index in [0.29, 0.717) is 0 Å². The molecule has 0 saturated heterocycles. The maximum absolute atomic E-state index is 5.12. The van der Waals surface area contributed by atoms with Crippen molar-refractivity contribution < 1.29 is 0 Å². The molecule has 0 fully saturated rings. The van der Waals surface area contributed by atoms with Crippen molar-refractivity contribution in [1.82, 2.24) is 9.97 Å². The molecule has 0 aliphatic rings. The maximum atomic E-state index is 5.12. The van der Waals surface area contributed by atoms with Crippen LogP contribution in [-0.4, -0.2) is 9.97 Å². The molecule has 0 N–H and O–H groups in total. The van der Waals surface area contributed by atoms with Crippen LogP contribution >= 0.6 is 0 Å². The standard InChI is InChI=1S/C52H36N2/c1-5-14-37(15-6-1)47-33-49(41-16-7-2-8-17-41)54-52(34-47)44-30-28-39(29-31-44)46-23-13-22-45(32-46)38-24-26-40(27-25-38)48-35-50(42-18-9-3-10-19-42)53-51(36-48)43-20-11-4-12-21-43/h1-36H. The lowest BCUT2D eigenvalue weighted by Crippen LogP contribution is -1.91. The van der Waals surface area contributed by atoms with Crippen LogP contribution in [0.3, 0.4) is 0 Å². The first-order chi connectivity index (χ1) is 26.7. The Hall–Kier alpha value is -7.16. The van der Waals surface area contributed by atoms with Crippen LogP contribution in [0.4, 0.5) is 0 Å². The summed E-state index contributed by atoms with van der Waals surface area (Å²) < 4.78 is 0. The molecule has 2 aromatic heterocycles. The summed E-state index contributed by atoms with van der Waals surface area (Å²) in [6.45, 7) is 0. The molecule has 2 heterocycles. The number of pyridine rings is 2. The van der Waals surface area contributed by atoms with Gasteiger partial charge in [-0.3, -0.25) is 0 Å². The van der Waals surface area contributed by atoms with Crippen molar-refractivity contribution in [2.45, 2.75) is 0 Å². The Balaban J connectivity index is 1.00. The lowest BCUT2D eigenvalue weighted by molar-refractivity contribution is 1.32. The molecule has 2 heteroatoms. The molecule has 0 aliphatic carbocycles. The second kappa shape index (κ2) is 14.8. The minimum atomic E-state index is 0.955. The van der Waals surface area contributed by atoms with Crippen molar-refractivity contribution in [3.8, 4) is 89.5 Å². The van der Waals surface area contributed by atoms with E-state index in [1.54, 1.807) is 0 Å². The first-order valence-electron chi connectivity index (χ1n) is 18.3. The van der Waals surface area contributed by atoms with Crippen LogP contribution in [0.25, 0.3) is 89.5 Å². The fourth-order valence-electron chi connectivity index (χ4n) is 7.01. The van der Waals surface area contributed by atoms with E-state index in [-0.39, 0.29) is 0 Å². The first kappa shape index (κ1) is 32.7. The van der Waals surface area contributed by atoms with Crippen LogP contribution in [-0.2, 0) is 0 Å². The van der Waals surface area contributed by atoms with E-state index >= 15 is 0 Å². The average Bonchev–Trinajstić information content (AvgIpc) is 3.27. The highest BCUT2D eigenvalue weighted by Gasteiger charge is 2.12. The Morgan fingerprint density at radius 2 is 0.407 bits per heavy atom. The lowest BCUT2D eigenvalue weighted by atomic mass is 9.95. The van der Waals surface area contributed by atoms with Gasteiger partial charge in [0.2, 0.25) is 0 Å². The minimum absolute atomic E-state index is 0.955. The molecule has 0 radical (unpaired) electrons. The second-order valence-electron chi connectivity index (χ2n) is 13.5. The van der Waals surface area contributed by atoms with E-state index in [4.69, 9.17) is 9.97 Å². The third kappa shape index (κ3) is 7.01. The molecular formula is C52H36N2. The van der Waals surface area contributed by atoms with Crippen LogP contribution in [0.1, 0.15) is 0 Å². The molecule has 54 heavy (non-hydrogen) atoms. The quantitative estimate of drug-likeness (QED) is 0.159. The third-order valence-corrected chi connectivity index (χ3v) is 9.89. The molecule has 7 aromatic carbocycles. The van der Waals surface area contributed by atoms with Gasteiger partial charge in [0.05, 0.1) is 22.8 Å². The summed E-state index contributed by atoms with van der Waals surface area (Å²) >= 11 is 0. The SMILES string of the molecule is c1ccc(-c2cc(-c3ccccc3)nc(-c3ccc(-c4cccc(-c5ccc(-c6cc(-c7ccccc7)nc(-c7ccccc7)c6)cc5)c4)cc3)c2)cc1. The lowest BCUT2D eigenvalue weighted by Gasteiger charge is -2.12. The monoisotopic (exact) mass is 688 g/mol. The second-order valence-corrected chi connectivity index (χ2v) is 13.5. The largest absolute Gasteiger partial charge is 0.248 e. The van der Waals surface area contributed by atoms with Crippen LogP contribution in [0.2, 0.25) is 0 Å². The summed E-state index contributed by atoms with van der Waals surface area (Å²) in [6.07, 6.45) is 0. The molecule has 0 unspecified atom stereocenters. The maximum Gasteiger partial charge on any atom is 0.0715 e. The molecule has 0 amide bonds. The molecule has 254 valence electrons. The summed E-state index contributed by atoms with van der Waals surface area (Å²) in [6, 6.07) is 76.9. The number of rotatable bonds is 8. The van der Waals surface area contributed by atoms with Crippen LogP contribution < -0.4 is 0 Å². The summed E-state index contributed by atoms with van der Waals surface area (Å²) in [5.41, 5.74) is 17.6. The molecule has 2 nitrogen and oxygen atoms in total. The molecular weight excluding hydrogens is 653 g/mol. The van der Waals surface area contributed by atoms with Gasteiger partial charge >= 0.3 is 0 Å². The number of benzene rings is 7. The van der Waals surface area contributed by atoms with Crippen molar-refractivity contribution in [2.75, 3.05) is 0 Å². The first-order valence-corrected chi connectivity index (χ1v) is 18.3. The van der Waals surface area contributed by atoms with Crippen molar-refractivity contribution in [2.24, 2.45) is 0 Å². The summed E-state index contributed by atoms with van der Waals surface area (Å²) in [7, 11) is 0. The van der Waals surface area contributed by atoms with Gasteiger partial charge in [0.25, 0.3) is 0 Å². The molecule has 9 aromatic rings. The topological polar surface area (TPSA) is 25.8 Å². The Morgan fingerprint density at radius 3 is 0.759 bits per heavy atom.